The van der Waals surface area contributed by atoms with Gasteiger partial charge in [0, 0.05) is 12.6 Å². The maximum Gasteiger partial charge on any atom is 0.267 e. The minimum atomic E-state index is -0.456. The summed E-state index contributed by atoms with van der Waals surface area (Å²) in [7, 11) is 1.74. The Kier molecular flexibility index (Phi) is 2.45. The van der Waals surface area contributed by atoms with Crippen molar-refractivity contribution in [3.63, 3.8) is 0 Å². The van der Waals surface area contributed by atoms with E-state index in [0.29, 0.717) is 11.6 Å². The number of rotatable bonds is 1. The number of aromatic amines is 1. The van der Waals surface area contributed by atoms with E-state index < -0.39 is 6.10 Å². The van der Waals surface area contributed by atoms with Gasteiger partial charge in [0.05, 0.1) is 11.9 Å². The number of benzene rings is 1. The molecule has 1 aromatic carbocycles. The molecule has 0 spiro atoms. The maximum absolute atomic E-state index is 11.9. The number of hydrogen-bond donors (Lipinski definition) is 2. The zero-order chi connectivity index (χ0) is 13.6. The lowest BCUT2D eigenvalue weighted by Gasteiger charge is -2.30. The molecule has 0 bridgehead atoms. The van der Waals surface area contributed by atoms with E-state index in [1.165, 1.54) is 0 Å². The highest BCUT2D eigenvalue weighted by Gasteiger charge is 2.29. The molecule has 1 atom stereocenters. The fraction of sp³-hybridized carbons (Fsp3) is 0.231. The van der Waals surface area contributed by atoms with Crippen molar-refractivity contribution in [3.05, 3.63) is 24.4 Å². The summed E-state index contributed by atoms with van der Waals surface area (Å²) in [5.74, 6) is 1.13. The number of anilines is 2. The van der Waals surface area contributed by atoms with Crippen molar-refractivity contribution in [2.45, 2.75) is 13.0 Å². The van der Waals surface area contributed by atoms with Gasteiger partial charge >= 0.3 is 0 Å². The van der Waals surface area contributed by atoms with Crippen LogP contribution in [0.15, 0.2) is 24.4 Å². The molecule has 0 saturated heterocycles. The van der Waals surface area contributed by atoms with E-state index in [1.54, 1.807) is 25.1 Å². The van der Waals surface area contributed by atoms with Gasteiger partial charge in [-0.05, 0) is 24.6 Å². The zero-order valence-electron chi connectivity index (χ0n) is 10.7. The van der Waals surface area contributed by atoms with E-state index in [9.17, 15) is 4.79 Å². The third-order valence-electron chi connectivity index (χ3n) is 3.28. The van der Waals surface area contributed by atoms with Crippen LogP contribution in [-0.4, -0.2) is 29.3 Å². The van der Waals surface area contributed by atoms with Crippen molar-refractivity contribution in [1.29, 1.82) is 0 Å². The van der Waals surface area contributed by atoms with Gasteiger partial charge in [-0.3, -0.25) is 9.89 Å². The average Bonchev–Trinajstić information content (AvgIpc) is 2.82. The standard InChI is InChI=1S/C13H14N4O2/c1-7-13(18)17(2)10-5-8(3-4-11(10)19-7)9-6-15-16-12(9)14/h3-7H,1-2H3,(H3,14,15,16). The minimum absolute atomic E-state index is 0.0650. The molecule has 2 heterocycles. The Morgan fingerprint density at radius 3 is 2.95 bits per heavy atom. The fourth-order valence-electron chi connectivity index (χ4n) is 2.21. The van der Waals surface area contributed by atoms with E-state index in [1.807, 2.05) is 18.2 Å². The second-order valence-electron chi connectivity index (χ2n) is 4.54. The van der Waals surface area contributed by atoms with Crippen molar-refractivity contribution in [1.82, 2.24) is 10.2 Å². The van der Waals surface area contributed by atoms with E-state index in [-0.39, 0.29) is 5.91 Å². The van der Waals surface area contributed by atoms with Gasteiger partial charge in [0.25, 0.3) is 5.91 Å². The number of nitrogens with zero attached hydrogens (tertiary/aromatic N) is 2. The third kappa shape index (κ3) is 1.72. The summed E-state index contributed by atoms with van der Waals surface area (Å²) in [5, 5.41) is 6.58. The second kappa shape index (κ2) is 4.01. The number of nitrogen functional groups attached to an aromatic ring is 1. The lowest BCUT2D eigenvalue weighted by atomic mass is 10.1. The van der Waals surface area contributed by atoms with Crippen molar-refractivity contribution >= 4 is 17.4 Å². The molecule has 0 saturated carbocycles. The second-order valence-corrected chi connectivity index (χ2v) is 4.54. The highest BCUT2D eigenvalue weighted by molar-refractivity contribution is 6.00. The molecule has 6 heteroatoms. The quantitative estimate of drug-likeness (QED) is 0.809. The Labute approximate surface area is 110 Å². The summed E-state index contributed by atoms with van der Waals surface area (Å²) >= 11 is 0. The summed E-state index contributed by atoms with van der Waals surface area (Å²) < 4.78 is 5.57. The number of carbonyl (C=O) groups is 1. The number of amides is 1. The Morgan fingerprint density at radius 2 is 2.26 bits per heavy atom. The van der Waals surface area contributed by atoms with Gasteiger partial charge in [-0.1, -0.05) is 6.07 Å². The first-order valence-electron chi connectivity index (χ1n) is 5.95. The van der Waals surface area contributed by atoms with E-state index in [4.69, 9.17) is 10.5 Å². The predicted octanol–water partition coefficient (Wildman–Crippen LogP) is 1.40. The van der Waals surface area contributed by atoms with Crippen molar-refractivity contribution < 1.29 is 9.53 Å². The van der Waals surface area contributed by atoms with E-state index in [0.717, 1.165) is 16.8 Å². The molecule has 3 N–H and O–H groups in total. The molecule has 3 rings (SSSR count). The van der Waals surface area contributed by atoms with Gasteiger partial charge in [0.2, 0.25) is 0 Å². The summed E-state index contributed by atoms with van der Waals surface area (Å²) in [6.45, 7) is 1.74. The molecule has 1 aliphatic rings. The van der Waals surface area contributed by atoms with Crippen LogP contribution < -0.4 is 15.4 Å². The Hall–Kier alpha value is -2.50. The SMILES string of the molecule is CC1Oc2ccc(-c3cn[nH]c3N)cc2N(C)C1=O. The first-order valence-corrected chi connectivity index (χ1v) is 5.95. The van der Waals surface area contributed by atoms with Gasteiger partial charge in [0.15, 0.2) is 6.10 Å². The monoisotopic (exact) mass is 258 g/mol. The molecule has 0 radical (unpaired) electrons. The van der Waals surface area contributed by atoms with Crippen molar-refractivity contribution in [2.75, 3.05) is 17.7 Å². The Bertz CT molecular complexity index is 650. The van der Waals surface area contributed by atoms with E-state index in [2.05, 4.69) is 10.2 Å². The molecular weight excluding hydrogens is 244 g/mol. The number of aromatic nitrogens is 2. The Morgan fingerprint density at radius 1 is 1.47 bits per heavy atom. The van der Waals surface area contributed by atoms with Gasteiger partial charge in [-0.2, -0.15) is 5.10 Å². The number of nitrogens with one attached hydrogen (secondary N) is 1. The maximum atomic E-state index is 11.9. The number of likely N-dealkylation sites (N-methyl/N-ethyl adjacent to an activating group) is 1. The first kappa shape index (κ1) is 11.6. The highest BCUT2D eigenvalue weighted by Crippen LogP contribution is 2.37. The van der Waals surface area contributed by atoms with Crippen LogP contribution in [0.4, 0.5) is 11.5 Å². The molecule has 6 nitrogen and oxygen atoms in total. The summed E-state index contributed by atoms with van der Waals surface area (Å²) in [6.07, 6.45) is 1.20. The predicted molar refractivity (Wildman–Crippen MR) is 71.9 cm³/mol. The van der Waals surface area contributed by atoms with Crippen LogP contribution in [0.25, 0.3) is 11.1 Å². The average molecular weight is 258 g/mol. The van der Waals surface area contributed by atoms with Crippen LogP contribution >= 0.6 is 0 Å². The molecule has 2 aromatic rings. The number of fused-ring (bicyclic) bond motifs is 1. The molecule has 0 fully saturated rings. The smallest absolute Gasteiger partial charge is 0.267 e. The summed E-state index contributed by atoms with van der Waals surface area (Å²) in [5.41, 5.74) is 8.24. The molecule has 19 heavy (non-hydrogen) atoms. The van der Waals surface area contributed by atoms with Crippen LogP contribution in [0.2, 0.25) is 0 Å². The first-order chi connectivity index (χ1) is 9.08. The third-order valence-corrected chi connectivity index (χ3v) is 3.28. The zero-order valence-corrected chi connectivity index (χ0v) is 10.7. The number of carbonyl (C=O) groups excluding carboxylic acids is 1. The number of ether oxygens (including phenoxy) is 1. The van der Waals surface area contributed by atoms with Crippen LogP contribution in [-0.2, 0) is 4.79 Å². The molecule has 0 aliphatic carbocycles. The van der Waals surface area contributed by atoms with Gasteiger partial charge in [0.1, 0.15) is 11.6 Å². The molecule has 1 unspecified atom stereocenters. The molecular formula is C13H14N4O2. The molecule has 98 valence electrons. The topological polar surface area (TPSA) is 84.2 Å². The van der Waals surface area contributed by atoms with Gasteiger partial charge in [-0.25, -0.2) is 0 Å². The van der Waals surface area contributed by atoms with Crippen LogP contribution in [0.1, 0.15) is 6.92 Å². The molecule has 1 aromatic heterocycles. The van der Waals surface area contributed by atoms with Crippen molar-refractivity contribution in [2.24, 2.45) is 0 Å². The highest BCUT2D eigenvalue weighted by atomic mass is 16.5. The number of H-pyrrole nitrogens is 1. The van der Waals surface area contributed by atoms with E-state index >= 15 is 0 Å². The van der Waals surface area contributed by atoms with Crippen LogP contribution in [0.5, 0.6) is 5.75 Å². The summed E-state index contributed by atoms with van der Waals surface area (Å²) in [6, 6.07) is 5.62. The van der Waals surface area contributed by atoms with Crippen LogP contribution in [0.3, 0.4) is 0 Å². The Balaban J connectivity index is 2.10. The van der Waals surface area contributed by atoms with Gasteiger partial charge < -0.3 is 15.4 Å². The fourth-order valence-corrected chi connectivity index (χ4v) is 2.21. The van der Waals surface area contributed by atoms with Gasteiger partial charge in [-0.15, -0.1) is 0 Å². The lowest BCUT2D eigenvalue weighted by molar-refractivity contribution is -0.125. The van der Waals surface area contributed by atoms with Crippen molar-refractivity contribution in [3.8, 4) is 16.9 Å². The largest absolute Gasteiger partial charge is 0.479 e. The molecule has 1 aliphatic heterocycles. The lowest BCUT2D eigenvalue weighted by Crippen LogP contribution is -2.41. The number of hydrogen-bond acceptors (Lipinski definition) is 4. The normalized spacial score (nSPS) is 18.1. The molecule has 1 amide bonds. The minimum Gasteiger partial charge on any atom is -0.479 e. The van der Waals surface area contributed by atoms with Crippen LogP contribution in [0, 0.1) is 0 Å². The number of nitrogens with two attached hydrogens (primary N) is 1. The summed E-state index contributed by atoms with van der Waals surface area (Å²) in [4.78, 5) is 13.5.